The molecule has 0 saturated carbocycles. The van der Waals surface area contributed by atoms with Gasteiger partial charge >= 0.3 is 0 Å². The van der Waals surface area contributed by atoms with Crippen molar-refractivity contribution in [3.05, 3.63) is 36.0 Å². The smallest absolute Gasteiger partial charge is 0.0482 e. The molecule has 0 saturated heterocycles. The molecule has 0 N–H and O–H groups in total. The summed E-state index contributed by atoms with van der Waals surface area (Å²) < 4.78 is 2.31. The number of fused-ring (bicyclic) bond motifs is 1. The largest absolute Gasteiger partial charge is 0.348 e. The van der Waals surface area contributed by atoms with Gasteiger partial charge in [0.15, 0.2) is 0 Å². The van der Waals surface area contributed by atoms with Crippen molar-refractivity contribution in [3.63, 3.8) is 0 Å². The Morgan fingerprint density at radius 3 is 2.50 bits per heavy atom. The van der Waals surface area contributed by atoms with E-state index in [0.29, 0.717) is 5.41 Å². The highest BCUT2D eigenvalue weighted by Gasteiger charge is 2.13. The van der Waals surface area contributed by atoms with Crippen molar-refractivity contribution in [1.29, 1.82) is 0 Å². The number of nitrogens with zero attached hydrogens (tertiary/aromatic N) is 1. The molecule has 1 heteroatoms. The highest BCUT2D eigenvalue weighted by atomic mass is 14.9. The molecule has 86 valence electrons. The summed E-state index contributed by atoms with van der Waals surface area (Å²) in [5, 5.41) is 1.42. The molecule has 1 aromatic carbocycles. The summed E-state index contributed by atoms with van der Waals surface area (Å²) in [4.78, 5) is 0. The molecule has 0 unspecified atom stereocenters. The van der Waals surface area contributed by atoms with Crippen molar-refractivity contribution in [1.82, 2.24) is 4.57 Å². The van der Waals surface area contributed by atoms with Crippen LogP contribution in [-0.2, 0) is 13.0 Å². The van der Waals surface area contributed by atoms with Crippen LogP contribution in [0.1, 0.15) is 33.3 Å². The zero-order valence-electron chi connectivity index (χ0n) is 10.7. The summed E-state index contributed by atoms with van der Waals surface area (Å²) in [6.07, 6.45) is 3.33. The van der Waals surface area contributed by atoms with Gasteiger partial charge in [-0.3, -0.25) is 0 Å². The van der Waals surface area contributed by atoms with Gasteiger partial charge < -0.3 is 4.57 Å². The number of hydrogen-bond donors (Lipinski definition) is 0. The lowest BCUT2D eigenvalue weighted by atomic mass is 9.87. The monoisotopic (exact) mass is 215 g/mol. The number of aromatic nitrogens is 1. The van der Waals surface area contributed by atoms with E-state index in [2.05, 4.69) is 62.7 Å². The molecule has 0 fully saturated rings. The van der Waals surface area contributed by atoms with Crippen LogP contribution >= 0.6 is 0 Å². The van der Waals surface area contributed by atoms with Crippen LogP contribution in [0.25, 0.3) is 10.9 Å². The first-order valence-electron chi connectivity index (χ1n) is 6.08. The number of rotatable bonds is 2. The van der Waals surface area contributed by atoms with Crippen molar-refractivity contribution in [3.8, 4) is 0 Å². The van der Waals surface area contributed by atoms with E-state index in [1.165, 1.54) is 16.5 Å². The van der Waals surface area contributed by atoms with Crippen LogP contribution in [0.15, 0.2) is 30.5 Å². The summed E-state index contributed by atoms with van der Waals surface area (Å²) in [6, 6.07) is 8.90. The van der Waals surface area contributed by atoms with Crippen LogP contribution in [0.3, 0.4) is 0 Å². The average Bonchev–Trinajstić information content (AvgIpc) is 2.59. The van der Waals surface area contributed by atoms with E-state index in [0.717, 1.165) is 13.0 Å². The number of benzene rings is 1. The lowest BCUT2D eigenvalue weighted by molar-refractivity contribution is 0.412. The lowest BCUT2D eigenvalue weighted by Gasteiger charge is -2.18. The highest BCUT2D eigenvalue weighted by molar-refractivity contribution is 5.83. The fourth-order valence-corrected chi connectivity index (χ4v) is 2.29. The van der Waals surface area contributed by atoms with Crippen molar-refractivity contribution in [2.24, 2.45) is 5.41 Å². The van der Waals surface area contributed by atoms with Crippen molar-refractivity contribution in [2.45, 2.75) is 40.7 Å². The molecular formula is C15H21N. The molecule has 2 aromatic rings. The van der Waals surface area contributed by atoms with Gasteiger partial charge in [0, 0.05) is 23.6 Å². The molecule has 0 aliphatic carbocycles. The van der Waals surface area contributed by atoms with Gasteiger partial charge in [-0.05, 0) is 36.5 Å². The van der Waals surface area contributed by atoms with E-state index in [1.807, 2.05) is 0 Å². The van der Waals surface area contributed by atoms with Crippen molar-refractivity contribution >= 4 is 10.9 Å². The van der Waals surface area contributed by atoms with Crippen molar-refractivity contribution < 1.29 is 0 Å². The number of hydrogen-bond acceptors (Lipinski definition) is 0. The quantitative estimate of drug-likeness (QED) is 0.705. The van der Waals surface area contributed by atoms with Crippen LogP contribution in [0.4, 0.5) is 0 Å². The molecule has 0 aliphatic heterocycles. The standard InChI is InChI=1S/C15H21N/c1-5-16-10-9-13-12(11-15(2,3)4)7-6-8-14(13)16/h6-10H,5,11H2,1-4H3. The molecule has 0 aliphatic rings. The van der Waals surface area contributed by atoms with Crippen LogP contribution in [0, 0.1) is 5.41 Å². The van der Waals surface area contributed by atoms with Crippen LogP contribution in [0.2, 0.25) is 0 Å². The van der Waals surface area contributed by atoms with E-state index < -0.39 is 0 Å². The average molecular weight is 215 g/mol. The van der Waals surface area contributed by atoms with Gasteiger partial charge in [-0.1, -0.05) is 32.9 Å². The molecule has 1 heterocycles. The van der Waals surface area contributed by atoms with E-state index in [9.17, 15) is 0 Å². The Kier molecular flexibility index (Phi) is 2.79. The highest BCUT2D eigenvalue weighted by Crippen LogP contribution is 2.27. The van der Waals surface area contributed by atoms with E-state index in [4.69, 9.17) is 0 Å². The van der Waals surface area contributed by atoms with Gasteiger partial charge in [-0.15, -0.1) is 0 Å². The fraction of sp³-hybridized carbons (Fsp3) is 0.467. The second-order valence-electron chi connectivity index (χ2n) is 5.69. The Balaban J connectivity index is 2.50. The molecular weight excluding hydrogens is 194 g/mol. The topological polar surface area (TPSA) is 4.93 Å². The molecule has 16 heavy (non-hydrogen) atoms. The maximum Gasteiger partial charge on any atom is 0.0482 e. The second-order valence-corrected chi connectivity index (χ2v) is 5.69. The Hall–Kier alpha value is -1.24. The Morgan fingerprint density at radius 2 is 1.88 bits per heavy atom. The zero-order valence-corrected chi connectivity index (χ0v) is 10.7. The van der Waals surface area contributed by atoms with Crippen LogP contribution in [0.5, 0.6) is 0 Å². The predicted molar refractivity (Wildman–Crippen MR) is 70.8 cm³/mol. The van der Waals surface area contributed by atoms with Gasteiger partial charge in [0.25, 0.3) is 0 Å². The minimum atomic E-state index is 0.350. The third-order valence-corrected chi connectivity index (χ3v) is 2.97. The Bertz CT molecular complexity index is 486. The zero-order chi connectivity index (χ0) is 11.8. The third-order valence-electron chi connectivity index (χ3n) is 2.97. The van der Waals surface area contributed by atoms with Gasteiger partial charge in [-0.2, -0.15) is 0 Å². The minimum Gasteiger partial charge on any atom is -0.348 e. The van der Waals surface area contributed by atoms with Gasteiger partial charge in [-0.25, -0.2) is 0 Å². The molecule has 1 aromatic heterocycles. The number of aryl methyl sites for hydroxylation is 1. The maximum absolute atomic E-state index is 2.31. The van der Waals surface area contributed by atoms with Crippen LogP contribution < -0.4 is 0 Å². The first kappa shape index (κ1) is 11.3. The van der Waals surface area contributed by atoms with Gasteiger partial charge in [0.2, 0.25) is 0 Å². The fourth-order valence-electron chi connectivity index (χ4n) is 2.29. The van der Waals surface area contributed by atoms with Crippen LogP contribution in [-0.4, -0.2) is 4.57 Å². The van der Waals surface area contributed by atoms with Gasteiger partial charge in [0.1, 0.15) is 0 Å². The lowest BCUT2D eigenvalue weighted by Crippen LogP contribution is -2.09. The summed E-state index contributed by atoms with van der Waals surface area (Å²) in [7, 11) is 0. The summed E-state index contributed by atoms with van der Waals surface area (Å²) in [6.45, 7) is 10.1. The second kappa shape index (κ2) is 3.97. The Labute approximate surface area is 98.1 Å². The predicted octanol–water partition coefficient (Wildman–Crippen LogP) is 4.25. The van der Waals surface area contributed by atoms with Crippen molar-refractivity contribution in [2.75, 3.05) is 0 Å². The third kappa shape index (κ3) is 2.13. The van der Waals surface area contributed by atoms with E-state index in [-0.39, 0.29) is 0 Å². The maximum atomic E-state index is 2.31. The van der Waals surface area contributed by atoms with Gasteiger partial charge in [0.05, 0.1) is 0 Å². The summed E-state index contributed by atoms with van der Waals surface area (Å²) in [5.41, 5.74) is 3.18. The molecule has 0 amide bonds. The first-order valence-corrected chi connectivity index (χ1v) is 6.08. The molecule has 0 spiro atoms. The summed E-state index contributed by atoms with van der Waals surface area (Å²) >= 11 is 0. The molecule has 0 atom stereocenters. The first-order chi connectivity index (χ1) is 7.51. The van der Waals surface area contributed by atoms with E-state index in [1.54, 1.807) is 0 Å². The molecule has 0 radical (unpaired) electrons. The minimum absolute atomic E-state index is 0.350. The van der Waals surface area contributed by atoms with E-state index >= 15 is 0 Å². The molecule has 2 rings (SSSR count). The molecule has 1 nitrogen and oxygen atoms in total. The molecule has 0 bridgehead atoms. The Morgan fingerprint density at radius 1 is 1.12 bits per heavy atom. The SMILES string of the molecule is CCn1ccc2c(CC(C)(C)C)cccc21. The normalized spacial score (nSPS) is 12.2. The summed E-state index contributed by atoms with van der Waals surface area (Å²) in [5.74, 6) is 0.